The first-order valence-electron chi connectivity index (χ1n) is 4.69. The Kier molecular flexibility index (Phi) is 2.50. The van der Waals surface area contributed by atoms with Crippen LogP contribution in [0.1, 0.15) is 18.4 Å². The molecule has 1 aromatic carbocycles. The molecule has 76 valence electrons. The molecular formula is C11H12ClFO. The fraction of sp³-hybridized carbons (Fsp3) is 0.455. The van der Waals surface area contributed by atoms with Gasteiger partial charge in [0.15, 0.2) is 0 Å². The van der Waals surface area contributed by atoms with Gasteiger partial charge in [0, 0.05) is 11.6 Å². The smallest absolute Gasteiger partial charge is 0.124 e. The van der Waals surface area contributed by atoms with Crippen molar-refractivity contribution in [1.29, 1.82) is 0 Å². The predicted molar refractivity (Wildman–Crippen MR) is 53.9 cm³/mol. The maximum atomic E-state index is 13.0. The number of hydrogen-bond acceptors (Lipinski definition) is 1. The number of aliphatic hydroxyl groups is 1. The van der Waals surface area contributed by atoms with E-state index in [1.165, 1.54) is 12.1 Å². The number of hydrogen-bond donors (Lipinski definition) is 1. The SMILES string of the molecule is OCC1(Cc2cc(F)cc(Cl)c2)CC1. The van der Waals surface area contributed by atoms with Crippen molar-refractivity contribution < 1.29 is 9.50 Å². The molecule has 1 aromatic rings. The summed E-state index contributed by atoms with van der Waals surface area (Å²) in [4.78, 5) is 0. The number of rotatable bonds is 3. The molecule has 1 N–H and O–H groups in total. The zero-order valence-corrected chi connectivity index (χ0v) is 8.52. The van der Waals surface area contributed by atoms with E-state index in [2.05, 4.69) is 0 Å². The average Bonchev–Trinajstić information content (AvgIpc) is 2.83. The van der Waals surface area contributed by atoms with Crippen molar-refractivity contribution in [2.45, 2.75) is 19.3 Å². The van der Waals surface area contributed by atoms with Gasteiger partial charge >= 0.3 is 0 Å². The number of aliphatic hydroxyl groups excluding tert-OH is 1. The monoisotopic (exact) mass is 214 g/mol. The Balaban J connectivity index is 2.16. The fourth-order valence-electron chi connectivity index (χ4n) is 1.71. The molecule has 1 aliphatic carbocycles. The van der Waals surface area contributed by atoms with Gasteiger partial charge in [-0.15, -0.1) is 0 Å². The minimum atomic E-state index is -0.304. The molecule has 14 heavy (non-hydrogen) atoms. The van der Waals surface area contributed by atoms with Crippen molar-refractivity contribution in [3.8, 4) is 0 Å². The zero-order valence-electron chi connectivity index (χ0n) is 7.76. The largest absolute Gasteiger partial charge is 0.396 e. The molecule has 0 bridgehead atoms. The summed E-state index contributed by atoms with van der Waals surface area (Å²) >= 11 is 5.74. The fourth-order valence-corrected chi connectivity index (χ4v) is 1.96. The Labute approximate surface area is 87.5 Å². The minimum Gasteiger partial charge on any atom is -0.396 e. The van der Waals surface area contributed by atoms with E-state index in [0.29, 0.717) is 5.02 Å². The van der Waals surface area contributed by atoms with Crippen LogP contribution in [0.15, 0.2) is 18.2 Å². The minimum absolute atomic E-state index is 0.0110. The van der Waals surface area contributed by atoms with Gasteiger partial charge in [0.25, 0.3) is 0 Å². The number of halogens is 2. The highest BCUT2D eigenvalue weighted by atomic mass is 35.5. The Hall–Kier alpha value is -0.600. The maximum Gasteiger partial charge on any atom is 0.124 e. The van der Waals surface area contributed by atoms with Crippen LogP contribution in [0, 0.1) is 11.2 Å². The van der Waals surface area contributed by atoms with Crippen molar-refractivity contribution in [1.82, 2.24) is 0 Å². The standard InChI is InChI=1S/C11H12ClFO/c12-9-3-8(4-10(13)5-9)6-11(7-14)1-2-11/h3-5,14H,1-2,6-7H2. The summed E-state index contributed by atoms with van der Waals surface area (Å²) in [6.07, 6.45) is 2.77. The molecule has 0 amide bonds. The summed E-state index contributed by atoms with van der Waals surface area (Å²) in [5.74, 6) is -0.304. The van der Waals surface area contributed by atoms with Crippen LogP contribution in [0.3, 0.4) is 0 Å². The van der Waals surface area contributed by atoms with Gasteiger partial charge in [-0.05, 0) is 48.4 Å². The van der Waals surface area contributed by atoms with E-state index in [0.717, 1.165) is 24.8 Å². The van der Waals surface area contributed by atoms with Crippen molar-refractivity contribution in [3.63, 3.8) is 0 Å². The second-order valence-electron chi connectivity index (χ2n) is 4.11. The van der Waals surface area contributed by atoms with E-state index in [1.807, 2.05) is 0 Å². The summed E-state index contributed by atoms with van der Waals surface area (Å²) in [6.45, 7) is 0.182. The summed E-state index contributed by atoms with van der Waals surface area (Å²) in [5, 5.41) is 9.55. The molecule has 0 unspecified atom stereocenters. The molecule has 0 aliphatic heterocycles. The predicted octanol–water partition coefficient (Wildman–Crippen LogP) is 2.79. The molecule has 0 aromatic heterocycles. The van der Waals surface area contributed by atoms with Gasteiger partial charge in [-0.2, -0.15) is 0 Å². The van der Waals surface area contributed by atoms with E-state index < -0.39 is 0 Å². The van der Waals surface area contributed by atoms with Gasteiger partial charge in [0.1, 0.15) is 5.82 Å². The van der Waals surface area contributed by atoms with Gasteiger partial charge < -0.3 is 5.11 Å². The first-order chi connectivity index (χ1) is 6.63. The molecule has 0 saturated heterocycles. The van der Waals surface area contributed by atoms with E-state index >= 15 is 0 Å². The van der Waals surface area contributed by atoms with Crippen molar-refractivity contribution in [3.05, 3.63) is 34.6 Å². The Morgan fingerprint density at radius 1 is 1.36 bits per heavy atom. The van der Waals surface area contributed by atoms with Crippen molar-refractivity contribution in [2.75, 3.05) is 6.61 Å². The second-order valence-corrected chi connectivity index (χ2v) is 4.55. The van der Waals surface area contributed by atoms with Crippen molar-refractivity contribution in [2.24, 2.45) is 5.41 Å². The first-order valence-corrected chi connectivity index (χ1v) is 5.07. The summed E-state index contributed by atoms with van der Waals surface area (Å²) in [5.41, 5.74) is 0.887. The van der Waals surface area contributed by atoms with Gasteiger partial charge in [-0.25, -0.2) is 4.39 Å². The molecule has 1 saturated carbocycles. The van der Waals surface area contributed by atoms with E-state index in [1.54, 1.807) is 6.07 Å². The first kappa shape index (κ1) is 9.94. The summed E-state index contributed by atoms with van der Waals surface area (Å²) < 4.78 is 13.0. The normalized spacial score (nSPS) is 18.2. The molecule has 0 heterocycles. The molecule has 1 nitrogen and oxygen atoms in total. The molecule has 1 fully saturated rings. The van der Waals surface area contributed by atoms with Crippen LogP contribution in [0.2, 0.25) is 5.02 Å². The van der Waals surface area contributed by atoms with Crippen LogP contribution >= 0.6 is 11.6 Å². The number of benzene rings is 1. The van der Waals surface area contributed by atoms with Crippen LogP contribution < -0.4 is 0 Å². The topological polar surface area (TPSA) is 20.2 Å². The van der Waals surface area contributed by atoms with Gasteiger partial charge in [-0.1, -0.05) is 11.6 Å². The third-order valence-corrected chi connectivity index (χ3v) is 3.01. The molecule has 2 rings (SSSR count). The zero-order chi connectivity index (χ0) is 10.2. The molecule has 0 spiro atoms. The van der Waals surface area contributed by atoms with E-state index in [-0.39, 0.29) is 17.8 Å². The lowest BCUT2D eigenvalue weighted by Crippen LogP contribution is -2.10. The Morgan fingerprint density at radius 2 is 2.07 bits per heavy atom. The van der Waals surface area contributed by atoms with Crippen LogP contribution in [0.4, 0.5) is 4.39 Å². The van der Waals surface area contributed by atoms with Crippen LogP contribution in [0.25, 0.3) is 0 Å². The maximum absolute atomic E-state index is 13.0. The highest BCUT2D eigenvalue weighted by Gasteiger charge is 2.41. The van der Waals surface area contributed by atoms with Gasteiger partial charge in [0.05, 0.1) is 0 Å². The lowest BCUT2D eigenvalue weighted by atomic mass is 9.97. The third-order valence-electron chi connectivity index (χ3n) is 2.79. The second kappa shape index (κ2) is 3.52. The van der Waals surface area contributed by atoms with Crippen LogP contribution in [-0.2, 0) is 6.42 Å². The van der Waals surface area contributed by atoms with Gasteiger partial charge in [-0.3, -0.25) is 0 Å². The highest BCUT2D eigenvalue weighted by molar-refractivity contribution is 6.30. The van der Waals surface area contributed by atoms with Crippen LogP contribution in [-0.4, -0.2) is 11.7 Å². The molecule has 0 radical (unpaired) electrons. The molecule has 0 atom stereocenters. The van der Waals surface area contributed by atoms with Crippen molar-refractivity contribution >= 4 is 11.6 Å². The third kappa shape index (κ3) is 2.07. The average molecular weight is 215 g/mol. The highest BCUT2D eigenvalue weighted by Crippen LogP contribution is 2.47. The lowest BCUT2D eigenvalue weighted by molar-refractivity contribution is 0.211. The summed E-state index contributed by atoms with van der Waals surface area (Å²) in [6, 6.07) is 4.55. The van der Waals surface area contributed by atoms with E-state index in [4.69, 9.17) is 16.7 Å². The summed E-state index contributed by atoms with van der Waals surface area (Å²) in [7, 11) is 0. The Bertz CT molecular complexity index is 327. The van der Waals surface area contributed by atoms with Crippen LogP contribution in [0.5, 0.6) is 0 Å². The van der Waals surface area contributed by atoms with Gasteiger partial charge in [0.2, 0.25) is 0 Å². The lowest BCUT2D eigenvalue weighted by Gasteiger charge is -2.11. The Morgan fingerprint density at radius 3 is 2.57 bits per heavy atom. The quantitative estimate of drug-likeness (QED) is 0.821. The molecule has 3 heteroatoms. The molecule has 1 aliphatic rings. The molecular weight excluding hydrogens is 203 g/mol. The van der Waals surface area contributed by atoms with E-state index in [9.17, 15) is 4.39 Å².